The monoisotopic (exact) mass is 504 g/mol. The summed E-state index contributed by atoms with van der Waals surface area (Å²) in [7, 11) is 3.11. The minimum Gasteiger partial charge on any atom is -0.497 e. The van der Waals surface area contributed by atoms with Crippen LogP contribution in [-0.4, -0.2) is 78.2 Å². The zero-order valence-corrected chi connectivity index (χ0v) is 20.6. The molecule has 2 aromatic heterocycles. The smallest absolute Gasteiger partial charge is 0.254 e. The van der Waals surface area contributed by atoms with Gasteiger partial charge in [-0.05, 0) is 19.1 Å². The Balaban J connectivity index is 1.28. The number of thioether (sulfide) groups is 1. The van der Waals surface area contributed by atoms with Crippen molar-refractivity contribution in [1.29, 1.82) is 0 Å². The average Bonchev–Trinajstić information content (AvgIpc) is 3.50. The minimum atomic E-state index is -0.198. The Kier molecular flexibility index (Phi) is 7.53. The molecular weight excluding hydrogens is 480 g/mol. The van der Waals surface area contributed by atoms with Crippen molar-refractivity contribution in [2.24, 2.45) is 0 Å². The van der Waals surface area contributed by atoms with Crippen LogP contribution in [0, 0.1) is 6.92 Å². The molecule has 0 aliphatic carbocycles. The zero-order valence-electron chi connectivity index (χ0n) is 18.9. The number of piperazine rings is 1. The molecule has 11 nitrogen and oxygen atoms in total. The normalized spacial score (nSPS) is 13.6. The first kappa shape index (κ1) is 23.8. The quantitative estimate of drug-likeness (QED) is 0.458. The van der Waals surface area contributed by atoms with E-state index >= 15 is 0 Å². The number of methoxy groups -OCH3 is 2. The molecule has 1 aliphatic rings. The SMILES string of the molecule is COc1cc(OC)cc(C(=O)N2CCN(c3nnc(SCC(=O)Nc4cc(C)on4)s3)CC2)c1. The molecule has 4 rings (SSSR count). The maximum absolute atomic E-state index is 13.0. The van der Waals surface area contributed by atoms with Gasteiger partial charge in [-0.3, -0.25) is 9.59 Å². The molecule has 34 heavy (non-hydrogen) atoms. The van der Waals surface area contributed by atoms with Crippen molar-refractivity contribution >= 4 is 45.9 Å². The molecule has 0 atom stereocenters. The molecule has 1 aromatic carbocycles. The lowest BCUT2D eigenvalue weighted by Gasteiger charge is -2.34. The summed E-state index contributed by atoms with van der Waals surface area (Å²) < 4.78 is 16.2. The topological polar surface area (TPSA) is 123 Å². The predicted octanol–water partition coefficient (Wildman–Crippen LogP) is 2.54. The fourth-order valence-corrected chi connectivity index (χ4v) is 5.03. The Hall–Kier alpha value is -3.32. The third-order valence-corrected chi connectivity index (χ3v) is 7.17. The second-order valence-electron chi connectivity index (χ2n) is 7.39. The number of carbonyl (C=O) groups excluding carboxylic acids is 2. The van der Waals surface area contributed by atoms with Crippen molar-refractivity contribution in [3.63, 3.8) is 0 Å². The van der Waals surface area contributed by atoms with Crippen LogP contribution in [0.2, 0.25) is 0 Å². The maximum Gasteiger partial charge on any atom is 0.254 e. The van der Waals surface area contributed by atoms with Crippen molar-refractivity contribution in [3.8, 4) is 11.5 Å². The highest BCUT2D eigenvalue weighted by atomic mass is 32.2. The van der Waals surface area contributed by atoms with Gasteiger partial charge in [-0.2, -0.15) is 0 Å². The van der Waals surface area contributed by atoms with Gasteiger partial charge in [0.1, 0.15) is 17.3 Å². The molecule has 0 spiro atoms. The minimum absolute atomic E-state index is 0.0707. The molecule has 13 heteroatoms. The van der Waals surface area contributed by atoms with Gasteiger partial charge in [0.15, 0.2) is 10.2 Å². The molecule has 1 saturated heterocycles. The number of hydrogen-bond acceptors (Lipinski definition) is 11. The fourth-order valence-electron chi connectivity index (χ4n) is 3.33. The summed E-state index contributed by atoms with van der Waals surface area (Å²) in [5.41, 5.74) is 0.526. The van der Waals surface area contributed by atoms with Crippen LogP contribution in [0.1, 0.15) is 16.1 Å². The summed E-state index contributed by atoms with van der Waals surface area (Å²) in [6.07, 6.45) is 0. The Morgan fingerprint density at radius 3 is 2.41 bits per heavy atom. The highest BCUT2D eigenvalue weighted by Crippen LogP contribution is 2.29. The summed E-state index contributed by atoms with van der Waals surface area (Å²) in [4.78, 5) is 29.0. The van der Waals surface area contributed by atoms with Crippen LogP contribution in [-0.2, 0) is 4.79 Å². The van der Waals surface area contributed by atoms with E-state index in [0.717, 1.165) is 5.13 Å². The van der Waals surface area contributed by atoms with E-state index in [9.17, 15) is 9.59 Å². The Morgan fingerprint density at radius 2 is 1.79 bits per heavy atom. The Morgan fingerprint density at radius 1 is 1.09 bits per heavy atom. The van der Waals surface area contributed by atoms with Crippen LogP contribution in [0.4, 0.5) is 10.9 Å². The van der Waals surface area contributed by atoms with Crippen LogP contribution >= 0.6 is 23.1 Å². The molecule has 0 unspecified atom stereocenters. The van der Waals surface area contributed by atoms with Crippen molar-refractivity contribution in [3.05, 3.63) is 35.6 Å². The molecule has 1 N–H and O–H groups in total. The summed E-state index contributed by atoms with van der Waals surface area (Å²) in [5, 5.41) is 15.6. The molecule has 0 radical (unpaired) electrons. The standard InChI is InChI=1S/C21H24N6O5S2/c1-13-8-17(25-32-13)22-18(28)12-33-21-24-23-20(34-21)27-6-4-26(5-7-27)19(29)14-9-15(30-2)11-16(10-14)31-3/h8-11H,4-7,12H2,1-3H3,(H,22,25,28). The van der Waals surface area contributed by atoms with Gasteiger partial charge >= 0.3 is 0 Å². The van der Waals surface area contributed by atoms with E-state index in [2.05, 4.69) is 25.6 Å². The van der Waals surface area contributed by atoms with E-state index < -0.39 is 0 Å². The van der Waals surface area contributed by atoms with E-state index in [1.165, 1.54) is 23.1 Å². The lowest BCUT2D eigenvalue weighted by molar-refractivity contribution is -0.113. The number of amides is 2. The van der Waals surface area contributed by atoms with Crippen molar-refractivity contribution in [1.82, 2.24) is 20.3 Å². The third-order valence-electron chi connectivity index (χ3n) is 5.05. The number of aryl methyl sites for hydroxylation is 1. The highest BCUT2D eigenvalue weighted by Gasteiger charge is 2.25. The van der Waals surface area contributed by atoms with Gasteiger partial charge in [-0.25, -0.2) is 0 Å². The number of hydrogen-bond donors (Lipinski definition) is 1. The molecule has 0 bridgehead atoms. The third kappa shape index (κ3) is 5.78. The number of ether oxygens (including phenoxy) is 2. The molecule has 1 aliphatic heterocycles. The highest BCUT2D eigenvalue weighted by molar-refractivity contribution is 8.01. The van der Waals surface area contributed by atoms with Gasteiger partial charge < -0.3 is 29.1 Å². The molecule has 3 aromatic rings. The van der Waals surface area contributed by atoms with Gasteiger partial charge in [0, 0.05) is 43.9 Å². The Bertz CT molecular complexity index is 1140. The molecular formula is C21H24N6O5S2. The first-order valence-corrected chi connectivity index (χ1v) is 12.2. The molecule has 1 fully saturated rings. The molecule has 0 saturated carbocycles. The van der Waals surface area contributed by atoms with Crippen molar-refractivity contribution in [2.75, 3.05) is 56.4 Å². The van der Waals surface area contributed by atoms with E-state index in [1.807, 2.05) is 0 Å². The number of nitrogens with one attached hydrogen (secondary N) is 1. The largest absolute Gasteiger partial charge is 0.497 e. The average molecular weight is 505 g/mol. The van der Waals surface area contributed by atoms with Gasteiger partial charge in [0.2, 0.25) is 11.0 Å². The Labute approximate surface area is 204 Å². The second kappa shape index (κ2) is 10.7. The number of anilines is 2. The number of nitrogens with zero attached hydrogens (tertiary/aromatic N) is 5. The van der Waals surface area contributed by atoms with Crippen molar-refractivity contribution in [2.45, 2.75) is 11.3 Å². The molecule has 3 heterocycles. The lowest BCUT2D eigenvalue weighted by Crippen LogP contribution is -2.48. The van der Waals surface area contributed by atoms with Crippen LogP contribution in [0.15, 0.2) is 33.1 Å². The summed E-state index contributed by atoms with van der Waals surface area (Å²) in [6, 6.07) is 6.82. The lowest BCUT2D eigenvalue weighted by atomic mass is 10.1. The van der Waals surface area contributed by atoms with E-state index in [4.69, 9.17) is 14.0 Å². The van der Waals surface area contributed by atoms with Crippen LogP contribution in [0.3, 0.4) is 0 Å². The van der Waals surface area contributed by atoms with E-state index in [-0.39, 0.29) is 17.6 Å². The van der Waals surface area contributed by atoms with Crippen LogP contribution in [0.25, 0.3) is 0 Å². The van der Waals surface area contributed by atoms with E-state index in [0.29, 0.717) is 59.2 Å². The summed E-state index contributed by atoms with van der Waals surface area (Å²) >= 11 is 2.73. The van der Waals surface area contributed by atoms with Gasteiger partial charge in [0.25, 0.3) is 5.91 Å². The maximum atomic E-state index is 13.0. The fraction of sp³-hybridized carbons (Fsp3) is 0.381. The number of carbonyl (C=O) groups is 2. The predicted molar refractivity (Wildman–Crippen MR) is 128 cm³/mol. The van der Waals surface area contributed by atoms with E-state index in [1.54, 1.807) is 50.3 Å². The number of rotatable bonds is 8. The first-order chi connectivity index (χ1) is 16.4. The summed E-state index contributed by atoms with van der Waals surface area (Å²) in [5.74, 6) is 2.08. The van der Waals surface area contributed by atoms with Gasteiger partial charge in [-0.15, -0.1) is 10.2 Å². The van der Waals surface area contributed by atoms with Crippen LogP contribution < -0.4 is 19.7 Å². The number of benzene rings is 1. The molecule has 180 valence electrons. The second-order valence-corrected chi connectivity index (χ2v) is 9.57. The van der Waals surface area contributed by atoms with Crippen molar-refractivity contribution < 1.29 is 23.6 Å². The van der Waals surface area contributed by atoms with Gasteiger partial charge in [-0.1, -0.05) is 28.3 Å². The molecule has 2 amide bonds. The summed E-state index contributed by atoms with van der Waals surface area (Å²) in [6.45, 7) is 4.14. The zero-order chi connectivity index (χ0) is 24.1. The van der Waals surface area contributed by atoms with Gasteiger partial charge in [0.05, 0.1) is 20.0 Å². The van der Waals surface area contributed by atoms with Crippen LogP contribution in [0.5, 0.6) is 11.5 Å². The number of aromatic nitrogens is 3. The first-order valence-electron chi connectivity index (χ1n) is 10.4.